The minimum Gasteiger partial charge on any atom is -0.493 e. The molecule has 0 bridgehead atoms. The van der Waals surface area contributed by atoms with E-state index in [0.717, 1.165) is 3.57 Å². The van der Waals surface area contributed by atoms with Crippen molar-refractivity contribution in [3.05, 3.63) is 56.6 Å². The van der Waals surface area contributed by atoms with Gasteiger partial charge in [-0.05, 0) is 65.1 Å². The second-order valence-corrected chi connectivity index (χ2v) is 6.28. The quantitative estimate of drug-likeness (QED) is 0.658. The molecule has 0 aromatic heterocycles. The van der Waals surface area contributed by atoms with Crippen LogP contribution in [-0.4, -0.2) is 23.6 Å². The van der Waals surface area contributed by atoms with Crippen molar-refractivity contribution in [2.75, 3.05) is 11.9 Å². The molecule has 2 rings (SSSR count). The molecule has 7 heteroatoms. The molecule has 0 radical (unpaired) electrons. The van der Waals surface area contributed by atoms with Gasteiger partial charge in [0.05, 0.1) is 24.3 Å². The van der Waals surface area contributed by atoms with Crippen molar-refractivity contribution in [3.63, 3.8) is 0 Å². The Morgan fingerprint density at radius 2 is 1.87 bits per heavy atom. The number of ether oxygens (including phenoxy) is 1. The maximum absolute atomic E-state index is 11.9. The molecule has 0 fully saturated rings. The molecule has 2 N–H and O–H groups in total. The number of rotatable bonds is 6. The minimum absolute atomic E-state index is 0.0591. The molecule has 0 spiro atoms. The molecule has 0 aliphatic rings. The van der Waals surface area contributed by atoms with Gasteiger partial charge >= 0.3 is 5.97 Å². The molecule has 2 aromatic rings. The molecule has 0 atom stereocenters. The van der Waals surface area contributed by atoms with Crippen molar-refractivity contribution in [1.82, 2.24) is 0 Å². The second kappa shape index (κ2) is 8.16. The zero-order chi connectivity index (χ0) is 16.8. The number of nitrogens with one attached hydrogen (secondary N) is 1. The van der Waals surface area contributed by atoms with E-state index in [0.29, 0.717) is 10.8 Å². The van der Waals surface area contributed by atoms with Gasteiger partial charge in [0.25, 0.3) is 0 Å². The SMILES string of the molecule is O=C(CCOc1ccc(Cl)cc1)Nc1ccc(I)cc1C(=O)O. The molecular formula is C16H13ClINO4. The van der Waals surface area contributed by atoms with Gasteiger partial charge in [-0.25, -0.2) is 4.79 Å². The van der Waals surface area contributed by atoms with Gasteiger partial charge in [0.15, 0.2) is 0 Å². The number of hydrogen-bond acceptors (Lipinski definition) is 3. The smallest absolute Gasteiger partial charge is 0.337 e. The van der Waals surface area contributed by atoms with Gasteiger partial charge in [-0.1, -0.05) is 11.6 Å². The summed E-state index contributed by atoms with van der Waals surface area (Å²) < 4.78 is 6.21. The third-order valence-electron chi connectivity index (χ3n) is 2.90. The van der Waals surface area contributed by atoms with E-state index in [1.54, 1.807) is 36.4 Å². The number of halogens is 2. The Labute approximate surface area is 151 Å². The zero-order valence-corrected chi connectivity index (χ0v) is 14.8. The van der Waals surface area contributed by atoms with Crippen molar-refractivity contribution in [1.29, 1.82) is 0 Å². The van der Waals surface area contributed by atoms with E-state index < -0.39 is 5.97 Å². The predicted octanol–water partition coefficient (Wildman–Crippen LogP) is 4.05. The molecule has 0 saturated heterocycles. The molecule has 0 unspecified atom stereocenters. The fourth-order valence-electron chi connectivity index (χ4n) is 1.81. The third kappa shape index (κ3) is 5.40. The summed E-state index contributed by atoms with van der Waals surface area (Å²) in [6.07, 6.45) is 0.105. The van der Waals surface area contributed by atoms with Gasteiger partial charge in [-0.3, -0.25) is 4.79 Å². The van der Waals surface area contributed by atoms with Crippen molar-refractivity contribution in [2.45, 2.75) is 6.42 Å². The van der Waals surface area contributed by atoms with Crippen LogP contribution in [-0.2, 0) is 4.79 Å². The normalized spacial score (nSPS) is 10.2. The van der Waals surface area contributed by atoms with Gasteiger partial charge in [0, 0.05) is 8.59 Å². The first-order chi connectivity index (χ1) is 11.0. The standard InChI is InChI=1S/C16H13ClINO4/c17-10-1-4-12(5-2-10)23-8-7-15(20)19-14-6-3-11(18)9-13(14)16(21)22/h1-6,9H,7-8H2,(H,19,20)(H,21,22). The van der Waals surface area contributed by atoms with Crippen LogP contribution < -0.4 is 10.1 Å². The van der Waals surface area contributed by atoms with E-state index in [-0.39, 0.29) is 30.2 Å². The first-order valence-corrected chi connectivity index (χ1v) is 8.12. The van der Waals surface area contributed by atoms with Crippen LogP contribution in [0.3, 0.4) is 0 Å². The highest BCUT2D eigenvalue weighted by molar-refractivity contribution is 14.1. The van der Waals surface area contributed by atoms with E-state index in [1.165, 1.54) is 6.07 Å². The lowest BCUT2D eigenvalue weighted by Crippen LogP contribution is -2.17. The number of carbonyl (C=O) groups is 2. The van der Waals surface area contributed by atoms with E-state index >= 15 is 0 Å². The van der Waals surface area contributed by atoms with Crippen LogP contribution in [0.5, 0.6) is 5.75 Å². The number of hydrogen-bond donors (Lipinski definition) is 2. The number of carbonyl (C=O) groups excluding carboxylic acids is 1. The largest absolute Gasteiger partial charge is 0.493 e. The van der Waals surface area contributed by atoms with E-state index in [2.05, 4.69) is 5.32 Å². The van der Waals surface area contributed by atoms with Gasteiger partial charge in [-0.2, -0.15) is 0 Å². The first-order valence-electron chi connectivity index (χ1n) is 6.67. The third-order valence-corrected chi connectivity index (χ3v) is 3.82. The topological polar surface area (TPSA) is 75.6 Å². The number of aromatic carboxylic acids is 1. The van der Waals surface area contributed by atoms with Crippen LogP contribution >= 0.6 is 34.2 Å². The second-order valence-electron chi connectivity index (χ2n) is 4.60. The molecule has 120 valence electrons. The Hall–Kier alpha value is -1.80. The Balaban J connectivity index is 1.90. The van der Waals surface area contributed by atoms with E-state index in [9.17, 15) is 9.59 Å². The van der Waals surface area contributed by atoms with Crippen LogP contribution in [0.2, 0.25) is 5.02 Å². The number of benzene rings is 2. The van der Waals surface area contributed by atoms with Crippen LogP contribution in [0, 0.1) is 3.57 Å². The summed E-state index contributed by atoms with van der Waals surface area (Å²) in [5.41, 5.74) is 0.332. The summed E-state index contributed by atoms with van der Waals surface area (Å²) in [6.45, 7) is 0.181. The average molecular weight is 446 g/mol. The molecule has 23 heavy (non-hydrogen) atoms. The Bertz CT molecular complexity index is 719. The summed E-state index contributed by atoms with van der Waals surface area (Å²) in [5.74, 6) is -0.790. The average Bonchev–Trinajstić information content (AvgIpc) is 2.51. The Kier molecular flexibility index (Phi) is 6.23. The Morgan fingerprint density at radius 1 is 1.17 bits per heavy atom. The first kappa shape index (κ1) is 17.6. The molecule has 0 heterocycles. The predicted molar refractivity (Wildman–Crippen MR) is 96.3 cm³/mol. The van der Waals surface area contributed by atoms with Crippen molar-refractivity contribution in [3.8, 4) is 5.75 Å². The summed E-state index contributed by atoms with van der Waals surface area (Å²) in [5, 5.41) is 12.4. The van der Waals surface area contributed by atoms with Crippen molar-refractivity contribution in [2.24, 2.45) is 0 Å². The van der Waals surface area contributed by atoms with Gasteiger partial charge in [-0.15, -0.1) is 0 Å². The fraction of sp³-hybridized carbons (Fsp3) is 0.125. The number of anilines is 1. The van der Waals surface area contributed by atoms with Gasteiger partial charge in [0.2, 0.25) is 5.91 Å². The number of carboxylic acid groups (broad SMARTS) is 1. The van der Waals surface area contributed by atoms with Crippen LogP contribution in [0.25, 0.3) is 0 Å². The fourth-order valence-corrected chi connectivity index (χ4v) is 2.42. The van der Waals surface area contributed by atoms with Gasteiger partial charge < -0.3 is 15.2 Å². The van der Waals surface area contributed by atoms with Crippen molar-refractivity contribution < 1.29 is 19.4 Å². The van der Waals surface area contributed by atoms with Crippen LogP contribution in [0.15, 0.2) is 42.5 Å². The summed E-state index contributed by atoms with van der Waals surface area (Å²) in [7, 11) is 0. The zero-order valence-electron chi connectivity index (χ0n) is 11.9. The lowest BCUT2D eigenvalue weighted by atomic mass is 10.2. The van der Waals surface area contributed by atoms with E-state index in [1.807, 2.05) is 22.6 Å². The molecule has 2 aromatic carbocycles. The highest BCUT2D eigenvalue weighted by Crippen LogP contribution is 2.19. The van der Waals surface area contributed by atoms with E-state index in [4.69, 9.17) is 21.4 Å². The molecular weight excluding hydrogens is 433 g/mol. The van der Waals surface area contributed by atoms with Crippen LogP contribution in [0.4, 0.5) is 5.69 Å². The summed E-state index contributed by atoms with van der Waals surface area (Å²) in [4.78, 5) is 23.1. The Morgan fingerprint density at radius 3 is 2.52 bits per heavy atom. The lowest BCUT2D eigenvalue weighted by Gasteiger charge is -2.10. The maximum Gasteiger partial charge on any atom is 0.337 e. The molecule has 0 aliphatic heterocycles. The molecule has 0 saturated carbocycles. The van der Waals surface area contributed by atoms with Crippen LogP contribution in [0.1, 0.15) is 16.8 Å². The maximum atomic E-state index is 11.9. The number of carboxylic acids is 1. The summed E-state index contributed by atoms with van der Waals surface area (Å²) >= 11 is 7.78. The molecule has 5 nitrogen and oxygen atoms in total. The summed E-state index contributed by atoms with van der Waals surface area (Å²) in [6, 6.07) is 11.6. The number of amides is 1. The highest BCUT2D eigenvalue weighted by atomic mass is 127. The molecule has 0 aliphatic carbocycles. The van der Waals surface area contributed by atoms with Crippen molar-refractivity contribution >= 4 is 51.8 Å². The lowest BCUT2D eigenvalue weighted by molar-refractivity contribution is -0.116. The monoisotopic (exact) mass is 445 g/mol. The minimum atomic E-state index is -1.09. The van der Waals surface area contributed by atoms with Gasteiger partial charge in [0.1, 0.15) is 5.75 Å². The molecule has 1 amide bonds. The highest BCUT2D eigenvalue weighted by Gasteiger charge is 2.13.